The molecule has 0 fully saturated rings. The fraction of sp³-hybridized carbons (Fsp3) is 0.0476. The zero-order valence-electron chi connectivity index (χ0n) is 16.2. The molecule has 0 unspecified atom stereocenters. The molecule has 2 aromatic carbocycles. The zero-order valence-corrected chi connectivity index (χ0v) is 17.0. The van der Waals surface area contributed by atoms with Crippen LogP contribution in [-0.4, -0.2) is 19.3 Å². The third-order valence-electron chi connectivity index (χ3n) is 4.59. The van der Waals surface area contributed by atoms with E-state index in [9.17, 15) is 26.8 Å². The van der Waals surface area contributed by atoms with Crippen LogP contribution in [0.15, 0.2) is 75.1 Å². The number of halogens is 2. The van der Waals surface area contributed by atoms with Crippen LogP contribution < -0.4 is 15.5 Å². The highest BCUT2D eigenvalue weighted by Crippen LogP contribution is 2.22. The number of furan rings is 1. The van der Waals surface area contributed by atoms with E-state index in [1.807, 2.05) is 4.72 Å². The minimum atomic E-state index is -4.31. The fourth-order valence-corrected chi connectivity index (χ4v) is 4.08. The third-order valence-corrected chi connectivity index (χ3v) is 5.95. The molecule has 4 aromatic rings. The summed E-state index contributed by atoms with van der Waals surface area (Å²) >= 11 is 0. The first-order valence-corrected chi connectivity index (χ1v) is 10.7. The molecule has 4 rings (SSSR count). The molecule has 1 amide bonds. The summed E-state index contributed by atoms with van der Waals surface area (Å²) in [6.07, 6.45) is 2.67. The molecular weight excluding hydrogens is 444 g/mol. The largest absolute Gasteiger partial charge is 0.467 e. The number of amides is 1. The van der Waals surface area contributed by atoms with Gasteiger partial charge in [0.15, 0.2) is 0 Å². The van der Waals surface area contributed by atoms with Gasteiger partial charge in [-0.3, -0.25) is 14.3 Å². The van der Waals surface area contributed by atoms with E-state index in [2.05, 4.69) is 10.3 Å². The number of aromatic amines is 1. The normalized spacial score (nSPS) is 11.4. The van der Waals surface area contributed by atoms with Gasteiger partial charge in [0.05, 0.1) is 23.4 Å². The van der Waals surface area contributed by atoms with Gasteiger partial charge in [0, 0.05) is 23.2 Å². The van der Waals surface area contributed by atoms with Crippen LogP contribution in [0.1, 0.15) is 16.1 Å². The molecule has 0 aliphatic rings. The highest BCUT2D eigenvalue weighted by Gasteiger charge is 2.19. The summed E-state index contributed by atoms with van der Waals surface area (Å²) < 4.78 is 59.4. The van der Waals surface area contributed by atoms with Gasteiger partial charge >= 0.3 is 0 Å². The van der Waals surface area contributed by atoms with Crippen LogP contribution in [0.5, 0.6) is 0 Å². The zero-order chi connectivity index (χ0) is 22.9. The van der Waals surface area contributed by atoms with E-state index in [1.165, 1.54) is 24.6 Å². The number of H-pyrrole nitrogens is 1. The highest BCUT2D eigenvalue weighted by atomic mass is 32.2. The lowest BCUT2D eigenvalue weighted by molar-refractivity contribution is 0.0947. The minimum Gasteiger partial charge on any atom is -0.467 e. The molecule has 0 saturated heterocycles. The minimum absolute atomic E-state index is 0.0573. The van der Waals surface area contributed by atoms with Crippen molar-refractivity contribution < 1.29 is 26.4 Å². The van der Waals surface area contributed by atoms with Crippen molar-refractivity contribution in [2.45, 2.75) is 11.4 Å². The van der Waals surface area contributed by atoms with E-state index in [0.717, 1.165) is 18.2 Å². The molecule has 0 atom stereocenters. The molecule has 0 spiro atoms. The van der Waals surface area contributed by atoms with Gasteiger partial charge in [-0.15, -0.1) is 0 Å². The maximum Gasteiger partial charge on any atom is 0.262 e. The van der Waals surface area contributed by atoms with Gasteiger partial charge < -0.3 is 14.7 Å². The number of fused-ring (bicyclic) bond motifs is 1. The summed E-state index contributed by atoms with van der Waals surface area (Å²) in [5.74, 6) is -2.14. The van der Waals surface area contributed by atoms with Gasteiger partial charge in [-0.2, -0.15) is 0 Å². The number of nitrogens with one attached hydrogen (secondary N) is 3. The highest BCUT2D eigenvalue weighted by molar-refractivity contribution is 7.92. The van der Waals surface area contributed by atoms with Crippen molar-refractivity contribution in [3.63, 3.8) is 0 Å². The van der Waals surface area contributed by atoms with Crippen LogP contribution in [0.2, 0.25) is 0 Å². The van der Waals surface area contributed by atoms with Gasteiger partial charge in [-0.05, 0) is 42.5 Å². The average Bonchev–Trinajstić information content (AvgIpc) is 3.28. The Labute approximate surface area is 179 Å². The number of carbonyl (C=O) groups is 1. The Kier molecular flexibility index (Phi) is 5.49. The molecule has 0 aliphatic carbocycles. The molecule has 164 valence electrons. The van der Waals surface area contributed by atoms with Crippen molar-refractivity contribution in [3.8, 4) is 0 Å². The lowest BCUT2D eigenvalue weighted by Crippen LogP contribution is -2.28. The Morgan fingerprint density at radius 3 is 2.62 bits per heavy atom. The first-order valence-electron chi connectivity index (χ1n) is 9.18. The summed E-state index contributed by atoms with van der Waals surface area (Å²) in [6.45, 7) is 0.0604. The van der Waals surface area contributed by atoms with E-state index in [-0.39, 0.29) is 22.4 Å². The van der Waals surface area contributed by atoms with Crippen molar-refractivity contribution in [3.05, 3.63) is 94.2 Å². The molecule has 11 heteroatoms. The number of rotatable bonds is 6. The van der Waals surface area contributed by atoms with E-state index in [4.69, 9.17) is 4.42 Å². The van der Waals surface area contributed by atoms with Crippen LogP contribution in [0.4, 0.5) is 14.5 Å². The Morgan fingerprint density at radius 2 is 1.91 bits per heavy atom. The summed E-state index contributed by atoms with van der Waals surface area (Å²) in [7, 11) is -4.31. The second kappa shape index (κ2) is 8.27. The van der Waals surface area contributed by atoms with E-state index in [1.54, 1.807) is 12.1 Å². The summed E-state index contributed by atoms with van der Waals surface area (Å²) in [6, 6.07) is 9.31. The number of aromatic nitrogens is 1. The summed E-state index contributed by atoms with van der Waals surface area (Å²) in [5, 5.41) is 2.48. The molecule has 2 aromatic heterocycles. The quantitative estimate of drug-likeness (QED) is 0.409. The molecule has 0 saturated carbocycles. The molecule has 0 radical (unpaired) electrons. The predicted octanol–water partition coefficient (Wildman–Crippen LogP) is 3.13. The summed E-state index contributed by atoms with van der Waals surface area (Å²) in [5.41, 5.74) is -1.08. The number of pyridine rings is 1. The average molecular weight is 459 g/mol. The van der Waals surface area contributed by atoms with Gasteiger partial charge in [0.25, 0.3) is 15.9 Å². The van der Waals surface area contributed by atoms with Crippen molar-refractivity contribution in [2.24, 2.45) is 0 Å². The van der Waals surface area contributed by atoms with Crippen molar-refractivity contribution >= 4 is 32.5 Å². The summed E-state index contributed by atoms with van der Waals surface area (Å²) in [4.78, 5) is 27.7. The van der Waals surface area contributed by atoms with E-state index in [0.29, 0.717) is 17.3 Å². The van der Waals surface area contributed by atoms with Gasteiger partial charge in [-0.25, -0.2) is 17.2 Å². The lowest BCUT2D eigenvalue weighted by Gasteiger charge is -2.10. The second-order valence-electron chi connectivity index (χ2n) is 6.73. The van der Waals surface area contributed by atoms with Crippen molar-refractivity contribution in [1.82, 2.24) is 10.3 Å². The molecule has 3 N–H and O–H groups in total. The third kappa shape index (κ3) is 4.23. The molecule has 8 nitrogen and oxygen atoms in total. The number of sulfonamides is 1. The van der Waals surface area contributed by atoms with Crippen LogP contribution in [0.3, 0.4) is 0 Å². The Hall–Kier alpha value is -3.99. The molecule has 0 aliphatic heterocycles. The topological polar surface area (TPSA) is 121 Å². The Balaban J connectivity index is 1.66. The van der Waals surface area contributed by atoms with Crippen molar-refractivity contribution in [1.29, 1.82) is 0 Å². The predicted molar refractivity (Wildman–Crippen MR) is 112 cm³/mol. The van der Waals surface area contributed by atoms with E-state index >= 15 is 0 Å². The maximum atomic E-state index is 13.9. The fourth-order valence-electron chi connectivity index (χ4n) is 2.99. The molecular formula is C21H15F2N3O5S. The number of carbonyl (C=O) groups excluding carboxylic acids is 1. The molecule has 2 heterocycles. The number of hydrogen-bond donors (Lipinski definition) is 3. The number of benzene rings is 2. The van der Waals surface area contributed by atoms with Crippen LogP contribution in [0.25, 0.3) is 10.9 Å². The Bertz CT molecular complexity index is 1480. The smallest absolute Gasteiger partial charge is 0.262 e. The number of hydrogen-bond acceptors (Lipinski definition) is 5. The van der Waals surface area contributed by atoms with Crippen LogP contribution in [-0.2, 0) is 16.6 Å². The second-order valence-corrected chi connectivity index (χ2v) is 8.41. The standard InChI is InChI=1S/C21H15F2N3O5S/c22-12-3-5-19(17(23)8-12)26-32(29,30)14-4-6-18-15(9-14)20(27)16(11-24-18)21(28)25-10-13-2-1-7-31-13/h1-9,11,26H,10H2,(H,24,27)(H,25,28). The first-order chi connectivity index (χ1) is 15.2. The SMILES string of the molecule is O=C(NCc1ccco1)c1c[nH]c2ccc(S(=O)(=O)Nc3ccc(F)cc3F)cc2c1=O. The van der Waals surface area contributed by atoms with Gasteiger partial charge in [-0.1, -0.05) is 0 Å². The van der Waals surface area contributed by atoms with Crippen LogP contribution >= 0.6 is 0 Å². The lowest BCUT2D eigenvalue weighted by atomic mass is 10.1. The van der Waals surface area contributed by atoms with Gasteiger partial charge in [0.2, 0.25) is 5.43 Å². The molecule has 32 heavy (non-hydrogen) atoms. The number of anilines is 1. The maximum absolute atomic E-state index is 13.9. The van der Waals surface area contributed by atoms with Crippen molar-refractivity contribution in [2.75, 3.05) is 4.72 Å². The monoisotopic (exact) mass is 459 g/mol. The first kappa shape index (κ1) is 21.2. The van der Waals surface area contributed by atoms with Crippen LogP contribution in [0, 0.1) is 11.6 Å². The van der Waals surface area contributed by atoms with E-state index < -0.39 is 38.7 Å². The molecule has 0 bridgehead atoms. The Morgan fingerprint density at radius 1 is 1.09 bits per heavy atom. The van der Waals surface area contributed by atoms with Gasteiger partial charge in [0.1, 0.15) is 23.0 Å².